The van der Waals surface area contributed by atoms with Crippen LogP contribution in [0.25, 0.3) is 11.1 Å². The maximum Gasteiger partial charge on any atom is 0.420 e. The molecule has 0 bridgehead atoms. The number of rotatable bonds is 3. The van der Waals surface area contributed by atoms with Gasteiger partial charge < -0.3 is 4.74 Å². The number of hydrogen-bond acceptors (Lipinski definition) is 1. The van der Waals surface area contributed by atoms with Crippen molar-refractivity contribution in [3.05, 3.63) is 53.6 Å². The van der Waals surface area contributed by atoms with Crippen molar-refractivity contribution in [1.29, 1.82) is 0 Å². The van der Waals surface area contributed by atoms with Crippen molar-refractivity contribution in [3.63, 3.8) is 0 Å². The van der Waals surface area contributed by atoms with Crippen LogP contribution in [0, 0.1) is 0 Å². The summed E-state index contributed by atoms with van der Waals surface area (Å²) in [4.78, 5) is 0. The lowest BCUT2D eigenvalue weighted by molar-refractivity contribution is -0.141. The van der Waals surface area contributed by atoms with Crippen LogP contribution in [-0.2, 0) is 12.4 Å². The second-order valence-corrected chi connectivity index (χ2v) is 4.63. The number of alkyl halides is 8. The van der Waals surface area contributed by atoms with Crippen LogP contribution >= 0.6 is 0 Å². The third-order valence-electron chi connectivity index (χ3n) is 3.03. The molecule has 2 aromatic rings. The molecule has 24 heavy (non-hydrogen) atoms. The largest absolute Gasteiger partial charge is 0.434 e. The Hall–Kier alpha value is -2.32. The van der Waals surface area contributed by atoms with E-state index in [4.69, 9.17) is 0 Å². The summed E-state index contributed by atoms with van der Waals surface area (Å²) in [5, 5.41) is 0. The predicted octanol–water partition coefficient (Wildman–Crippen LogP) is 5.99. The van der Waals surface area contributed by atoms with Crippen molar-refractivity contribution in [1.82, 2.24) is 0 Å². The van der Waals surface area contributed by atoms with E-state index < -0.39 is 47.0 Å². The first-order valence-corrected chi connectivity index (χ1v) is 6.33. The Morgan fingerprint density at radius 2 is 1.42 bits per heavy atom. The molecule has 0 radical (unpaired) electrons. The molecule has 0 fully saturated rings. The van der Waals surface area contributed by atoms with Crippen LogP contribution in [0.5, 0.6) is 5.75 Å². The van der Waals surface area contributed by atoms with Gasteiger partial charge in [-0.05, 0) is 29.3 Å². The minimum atomic E-state index is -5.10. The van der Waals surface area contributed by atoms with Crippen molar-refractivity contribution in [2.45, 2.75) is 19.0 Å². The molecule has 9 heteroatoms. The molecule has 0 saturated carbocycles. The smallest absolute Gasteiger partial charge is 0.420 e. The monoisotopic (exact) mass is 356 g/mol. The van der Waals surface area contributed by atoms with Gasteiger partial charge in [-0.15, -0.1) is 0 Å². The summed E-state index contributed by atoms with van der Waals surface area (Å²) in [6, 6.07) is 5.70. The first-order chi connectivity index (χ1) is 11.0. The zero-order valence-electron chi connectivity index (χ0n) is 11.6. The molecule has 0 heterocycles. The summed E-state index contributed by atoms with van der Waals surface area (Å²) in [5.41, 5.74) is -3.83. The molecule has 0 aliphatic heterocycles. The molecule has 130 valence electrons. The molecule has 0 N–H and O–H groups in total. The summed E-state index contributed by atoms with van der Waals surface area (Å²) < 4.78 is 106. The Labute approximate surface area is 130 Å². The maximum atomic E-state index is 13.2. The summed E-state index contributed by atoms with van der Waals surface area (Å²) in [5.74, 6) is -1.16. The van der Waals surface area contributed by atoms with E-state index in [0.29, 0.717) is 18.2 Å². The first-order valence-electron chi connectivity index (χ1n) is 6.33. The minimum absolute atomic E-state index is 0.420. The highest BCUT2D eigenvalue weighted by molar-refractivity contribution is 5.71. The highest BCUT2D eigenvalue weighted by Crippen LogP contribution is 2.44. The van der Waals surface area contributed by atoms with E-state index in [-0.39, 0.29) is 0 Å². The number of halogens is 8. The van der Waals surface area contributed by atoms with Crippen LogP contribution in [0.4, 0.5) is 35.1 Å². The Morgan fingerprint density at radius 1 is 0.792 bits per heavy atom. The molecular formula is C15H8F8O. The molecule has 0 atom stereocenters. The van der Waals surface area contributed by atoms with E-state index in [1.54, 1.807) is 0 Å². The van der Waals surface area contributed by atoms with Gasteiger partial charge in [-0.2, -0.15) is 35.1 Å². The van der Waals surface area contributed by atoms with Crippen molar-refractivity contribution in [2.75, 3.05) is 0 Å². The van der Waals surface area contributed by atoms with Crippen LogP contribution in [0.1, 0.15) is 11.1 Å². The lowest BCUT2D eigenvalue weighted by Crippen LogP contribution is -2.13. The highest BCUT2D eigenvalue weighted by Gasteiger charge is 2.38. The minimum Gasteiger partial charge on any atom is -0.434 e. The predicted molar refractivity (Wildman–Crippen MR) is 68.5 cm³/mol. The van der Waals surface area contributed by atoms with E-state index >= 15 is 0 Å². The quantitative estimate of drug-likeness (QED) is 0.614. The summed E-state index contributed by atoms with van der Waals surface area (Å²) in [6.07, 6.45) is -9.86. The standard InChI is InChI=1S/C15H8F8O/c16-13(17)24-11-6-2-5-10(12(11)15(21,22)23)8-3-1-4-9(7-8)14(18,19)20/h1-7,13H. The third kappa shape index (κ3) is 3.95. The first kappa shape index (κ1) is 18.0. The van der Waals surface area contributed by atoms with Gasteiger partial charge in [0.05, 0.1) is 5.56 Å². The van der Waals surface area contributed by atoms with Crippen molar-refractivity contribution < 1.29 is 39.9 Å². The molecule has 2 aromatic carbocycles. The Balaban J connectivity index is 2.67. The summed E-state index contributed by atoms with van der Waals surface area (Å²) >= 11 is 0. The van der Waals surface area contributed by atoms with Gasteiger partial charge in [0.1, 0.15) is 11.3 Å². The van der Waals surface area contributed by atoms with Crippen molar-refractivity contribution >= 4 is 0 Å². The van der Waals surface area contributed by atoms with Crippen LogP contribution in [0.3, 0.4) is 0 Å². The van der Waals surface area contributed by atoms with Crippen LogP contribution in [0.2, 0.25) is 0 Å². The molecule has 0 saturated heterocycles. The van der Waals surface area contributed by atoms with Crippen molar-refractivity contribution in [3.8, 4) is 16.9 Å². The van der Waals surface area contributed by atoms with Gasteiger partial charge in [0.25, 0.3) is 0 Å². The molecule has 0 amide bonds. The van der Waals surface area contributed by atoms with Gasteiger partial charge in [-0.1, -0.05) is 24.3 Å². The van der Waals surface area contributed by atoms with E-state index in [1.165, 1.54) is 0 Å². The Morgan fingerprint density at radius 3 is 1.96 bits per heavy atom. The zero-order valence-corrected chi connectivity index (χ0v) is 11.6. The normalized spacial score (nSPS) is 12.5. The second kappa shape index (κ2) is 6.29. The van der Waals surface area contributed by atoms with Gasteiger partial charge in [-0.3, -0.25) is 0 Å². The van der Waals surface area contributed by atoms with E-state index in [2.05, 4.69) is 4.74 Å². The van der Waals surface area contributed by atoms with E-state index in [1.807, 2.05) is 0 Å². The van der Waals surface area contributed by atoms with E-state index in [9.17, 15) is 35.1 Å². The summed E-state index contributed by atoms with van der Waals surface area (Å²) in [6.45, 7) is -3.51. The molecule has 1 nitrogen and oxygen atoms in total. The van der Waals surface area contributed by atoms with E-state index in [0.717, 1.165) is 24.3 Å². The second-order valence-electron chi connectivity index (χ2n) is 4.63. The van der Waals surface area contributed by atoms with Gasteiger partial charge in [0.15, 0.2) is 0 Å². The van der Waals surface area contributed by atoms with Gasteiger partial charge in [-0.25, -0.2) is 0 Å². The SMILES string of the molecule is FC(F)Oc1cccc(-c2cccc(C(F)(F)F)c2)c1C(F)(F)F. The zero-order chi connectivity index (χ0) is 18.1. The third-order valence-corrected chi connectivity index (χ3v) is 3.03. The van der Waals surface area contributed by atoms with Gasteiger partial charge >= 0.3 is 19.0 Å². The fourth-order valence-corrected chi connectivity index (χ4v) is 2.12. The molecule has 0 unspecified atom stereocenters. The molecule has 0 aromatic heterocycles. The van der Waals surface area contributed by atoms with Crippen LogP contribution < -0.4 is 4.74 Å². The summed E-state index contributed by atoms with van der Waals surface area (Å²) in [7, 11) is 0. The molecular weight excluding hydrogens is 348 g/mol. The number of benzene rings is 2. The Bertz CT molecular complexity index is 718. The van der Waals surface area contributed by atoms with Crippen molar-refractivity contribution in [2.24, 2.45) is 0 Å². The lowest BCUT2D eigenvalue weighted by Gasteiger charge is -2.18. The Kier molecular flexibility index (Phi) is 4.73. The van der Waals surface area contributed by atoms with Crippen LogP contribution in [0.15, 0.2) is 42.5 Å². The average Bonchev–Trinajstić information content (AvgIpc) is 2.44. The molecule has 0 spiro atoms. The maximum absolute atomic E-state index is 13.2. The number of ether oxygens (including phenoxy) is 1. The number of hydrogen-bond donors (Lipinski definition) is 0. The molecule has 0 aliphatic rings. The topological polar surface area (TPSA) is 9.23 Å². The fraction of sp³-hybridized carbons (Fsp3) is 0.200. The highest BCUT2D eigenvalue weighted by atomic mass is 19.4. The fourth-order valence-electron chi connectivity index (χ4n) is 2.12. The van der Waals surface area contributed by atoms with Gasteiger partial charge in [0.2, 0.25) is 0 Å². The van der Waals surface area contributed by atoms with Gasteiger partial charge in [0, 0.05) is 0 Å². The average molecular weight is 356 g/mol. The lowest BCUT2D eigenvalue weighted by atomic mass is 9.97. The molecule has 2 rings (SSSR count). The van der Waals surface area contributed by atoms with Crippen LogP contribution in [-0.4, -0.2) is 6.61 Å². The molecule has 0 aliphatic carbocycles.